The molecule has 0 aliphatic carbocycles. The predicted octanol–water partition coefficient (Wildman–Crippen LogP) is 3.35. The first-order chi connectivity index (χ1) is 10.2. The SMILES string of the molecule is CC(C)Oc1ccc(-c2cn3c(CCN)csc3n2)cc1. The number of ether oxygens (including phenoxy) is 1. The molecule has 0 atom stereocenters. The fourth-order valence-corrected chi connectivity index (χ4v) is 3.18. The van der Waals surface area contributed by atoms with Gasteiger partial charge in [-0.2, -0.15) is 0 Å². The van der Waals surface area contributed by atoms with Crippen molar-refractivity contribution in [2.75, 3.05) is 6.54 Å². The third-order valence-electron chi connectivity index (χ3n) is 3.21. The van der Waals surface area contributed by atoms with Crippen LogP contribution >= 0.6 is 11.3 Å². The maximum atomic E-state index is 5.66. The van der Waals surface area contributed by atoms with Crippen LogP contribution in [0.4, 0.5) is 0 Å². The lowest BCUT2D eigenvalue weighted by molar-refractivity contribution is 0.242. The van der Waals surface area contributed by atoms with Gasteiger partial charge in [-0.1, -0.05) is 0 Å². The molecule has 0 fully saturated rings. The maximum Gasteiger partial charge on any atom is 0.194 e. The molecule has 0 aliphatic rings. The zero-order valence-corrected chi connectivity index (χ0v) is 13.1. The number of fused-ring (bicyclic) bond motifs is 1. The Morgan fingerprint density at radius 2 is 2.05 bits per heavy atom. The molecule has 0 saturated heterocycles. The fourth-order valence-electron chi connectivity index (χ4n) is 2.27. The number of hydrogen-bond acceptors (Lipinski definition) is 4. The van der Waals surface area contributed by atoms with Gasteiger partial charge in [-0.3, -0.25) is 4.40 Å². The van der Waals surface area contributed by atoms with Gasteiger partial charge < -0.3 is 10.5 Å². The Labute approximate surface area is 128 Å². The molecular weight excluding hydrogens is 282 g/mol. The molecule has 0 saturated carbocycles. The molecule has 21 heavy (non-hydrogen) atoms. The van der Waals surface area contributed by atoms with Gasteiger partial charge in [0, 0.05) is 29.3 Å². The minimum Gasteiger partial charge on any atom is -0.491 e. The summed E-state index contributed by atoms with van der Waals surface area (Å²) < 4.78 is 7.79. The molecule has 4 nitrogen and oxygen atoms in total. The Morgan fingerprint density at radius 3 is 2.71 bits per heavy atom. The summed E-state index contributed by atoms with van der Waals surface area (Å²) in [6.45, 7) is 4.70. The van der Waals surface area contributed by atoms with Crippen LogP contribution in [0.2, 0.25) is 0 Å². The molecule has 2 N–H and O–H groups in total. The van der Waals surface area contributed by atoms with Crippen LogP contribution in [0.1, 0.15) is 19.5 Å². The molecule has 0 radical (unpaired) electrons. The fraction of sp³-hybridized carbons (Fsp3) is 0.312. The zero-order chi connectivity index (χ0) is 14.8. The molecule has 2 aromatic heterocycles. The van der Waals surface area contributed by atoms with Gasteiger partial charge in [-0.05, 0) is 44.7 Å². The van der Waals surface area contributed by atoms with E-state index in [-0.39, 0.29) is 6.10 Å². The van der Waals surface area contributed by atoms with Crippen molar-refractivity contribution >= 4 is 16.3 Å². The third-order valence-corrected chi connectivity index (χ3v) is 4.09. The van der Waals surface area contributed by atoms with Gasteiger partial charge in [0.25, 0.3) is 0 Å². The first-order valence-electron chi connectivity index (χ1n) is 7.10. The van der Waals surface area contributed by atoms with E-state index in [1.165, 1.54) is 5.69 Å². The van der Waals surface area contributed by atoms with E-state index in [1.807, 2.05) is 38.1 Å². The van der Waals surface area contributed by atoms with Crippen molar-refractivity contribution in [3.8, 4) is 17.0 Å². The van der Waals surface area contributed by atoms with Gasteiger partial charge in [-0.15, -0.1) is 11.3 Å². The van der Waals surface area contributed by atoms with Crippen molar-refractivity contribution < 1.29 is 4.74 Å². The van der Waals surface area contributed by atoms with Gasteiger partial charge in [0.2, 0.25) is 0 Å². The Balaban J connectivity index is 1.89. The van der Waals surface area contributed by atoms with E-state index in [9.17, 15) is 0 Å². The average molecular weight is 301 g/mol. The molecule has 5 heteroatoms. The summed E-state index contributed by atoms with van der Waals surface area (Å²) in [7, 11) is 0. The van der Waals surface area contributed by atoms with Crippen molar-refractivity contribution in [2.45, 2.75) is 26.4 Å². The highest BCUT2D eigenvalue weighted by molar-refractivity contribution is 7.15. The number of benzene rings is 1. The van der Waals surface area contributed by atoms with Crippen LogP contribution in [0.25, 0.3) is 16.2 Å². The van der Waals surface area contributed by atoms with E-state index in [4.69, 9.17) is 10.5 Å². The number of hydrogen-bond donors (Lipinski definition) is 1. The van der Waals surface area contributed by atoms with Gasteiger partial charge in [0.05, 0.1) is 11.8 Å². The minimum atomic E-state index is 0.188. The van der Waals surface area contributed by atoms with E-state index in [0.717, 1.165) is 28.4 Å². The Kier molecular flexibility index (Phi) is 3.94. The van der Waals surface area contributed by atoms with Crippen LogP contribution < -0.4 is 10.5 Å². The van der Waals surface area contributed by atoms with E-state index in [0.29, 0.717) is 6.54 Å². The van der Waals surface area contributed by atoms with E-state index < -0.39 is 0 Å². The van der Waals surface area contributed by atoms with Crippen molar-refractivity contribution in [3.63, 3.8) is 0 Å². The van der Waals surface area contributed by atoms with Gasteiger partial charge in [-0.25, -0.2) is 4.98 Å². The summed E-state index contributed by atoms with van der Waals surface area (Å²) in [5.74, 6) is 0.888. The Bertz CT molecular complexity index is 728. The van der Waals surface area contributed by atoms with E-state index >= 15 is 0 Å². The molecule has 0 aliphatic heterocycles. The summed E-state index contributed by atoms with van der Waals surface area (Å²) in [5.41, 5.74) is 8.94. The lowest BCUT2D eigenvalue weighted by Crippen LogP contribution is -2.05. The molecule has 1 aromatic carbocycles. The van der Waals surface area contributed by atoms with Crippen molar-refractivity contribution in [1.29, 1.82) is 0 Å². The summed E-state index contributed by atoms with van der Waals surface area (Å²) >= 11 is 1.65. The van der Waals surface area contributed by atoms with Crippen LogP contribution in [0.15, 0.2) is 35.8 Å². The molecule has 2 heterocycles. The maximum absolute atomic E-state index is 5.66. The molecule has 3 rings (SSSR count). The second kappa shape index (κ2) is 5.87. The van der Waals surface area contributed by atoms with Crippen molar-refractivity contribution in [1.82, 2.24) is 9.38 Å². The highest BCUT2D eigenvalue weighted by atomic mass is 32.1. The van der Waals surface area contributed by atoms with Crippen molar-refractivity contribution in [3.05, 3.63) is 41.5 Å². The quantitative estimate of drug-likeness (QED) is 0.786. The largest absolute Gasteiger partial charge is 0.491 e. The second-order valence-electron chi connectivity index (χ2n) is 5.24. The van der Waals surface area contributed by atoms with Gasteiger partial charge >= 0.3 is 0 Å². The number of nitrogens with zero attached hydrogens (tertiary/aromatic N) is 2. The standard InChI is InChI=1S/C16H19N3OS/c1-11(2)20-14-5-3-12(4-6-14)15-9-19-13(7-8-17)10-21-16(19)18-15/h3-6,9-11H,7-8,17H2,1-2H3. The van der Waals surface area contributed by atoms with Crippen LogP contribution in [0, 0.1) is 0 Å². The highest BCUT2D eigenvalue weighted by Gasteiger charge is 2.09. The van der Waals surface area contributed by atoms with Crippen LogP contribution in [0.5, 0.6) is 5.75 Å². The predicted molar refractivity (Wildman–Crippen MR) is 87.0 cm³/mol. The normalized spacial score (nSPS) is 11.4. The summed E-state index contributed by atoms with van der Waals surface area (Å²) in [5, 5.41) is 2.12. The van der Waals surface area contributed by atoms with Crippen LogP contribution in [0.3, 0.4) is 0 Å². The summed E-state index contributed by atoms with van der Waals surface area (Å²) in [4.78, 5) is 5.69. The number of nitrogens with two attached hydrogens (primary N) is 1. The first-order valence-corrected chi connectivity index (χ1v) is 7.98. The molecule has 0 spiro atoms. The molecule has 0 unspecified atom stereocenters. The van der Waals surface area contributed by atoms with E-state index in [1.54, 1.807) is 11.3 Å². The van der Waals surface area contributed by atoms with Crippen LogP contribution in [-0.4, -0.2) is 22.0 Å². The molecule has 0 amide bonds. The molecule has 0 bridgehead atoms. The molecular formula is C16H19N3OS. The monoisotopic (exact) mass is 301 g/mol. The highest BCUT2D eigenvalue weighted by Crippen LogP contribution is 2.25. The molecule has 3 aromatic rings. The lowest BCUT2D eigenvalue weighted by atomic mass is 10.1. The van der Waals surface area contributed by atoms with E-state index in [2.05, 4.69) is 21.0 Å². The lowest BCUT2D eigenvalue weighted by Gasteiger charge is -2.09. The summed E-state index contributed by atoms with van der Waals surface area (Å²) in [6, 6.07) is 8.08. The van der Waals surface area contributed by atoms with Crippen molar-refractivity contribution in [2.24, 2.45) is 5.73 Å². The minimum absolute atomic E-state index is 0.188. The zero-order valence-electron chi connectivity index (χ0n) is 12.2. The number of imidazole rings is 1. The topological polar surface area (TPSA) is 52.5 Å². The Morgan fingerprint density at radius 1 is 1.29 bits per heavy atom. The summed E-state index contributed by atoms with van der Waals surface area (Å²) in [6.07, 6.45) is 3.14. The smallest absolute Gasteiger partial charge is 0.194 e. The second-order valence-corrected chi connectivity index (χ2v) is 6.07. The Hall–Kier alpha value is -1.85. The number of aromatic nitrogens is 2. The first kappa shape index (κ1) is 14.1. The molecule has 110 valence electrons. The number of rotatable bonds is 5. The number of thiazole rings is 1. The third kappa shape index (κ3) is 2.94. The van der Waals surface area contributed by atoms with Crippen LogP contribution in [-0.2, 0) is 6.42 Å². The van der Waals surface area contributed by atoms with Gasteiger partial charge in [0.1, 0.15) is 5.75 Å². The average Bonchev–Trinajstić information content (AvgIpc) is 3.01. The van der Waals surface area contributed by atoms with Gasteiger partial charge in [0.15, 0.2) is 4.96 Å².